The molecule has 3 N–H and O–H groups in total. The second kappa shape index (κ2) is 3.42. The summed E-state index contributed by atoms with van der Waals surface area (Å²) in [6, 6.07) is 0. The molecular weight excluding hydrogens is 204 g/mol. The quantitative estimate of drug-likeness (QED) is 0.768. The Hall–Kier alpha value is -1.36. The van der Waals surface area contributed by atoms with E-state index in [9.17, 15) is 4.79 Å². The van der Waals surface area contributed by atoms with Crippen LogP contribution in [0.1, 0.15) is 12.8 Å². The first kappa shape index (κ1) is 9.21. The summed E-state index contributed by atoms with van der Waals surface area (Å²) < 4.78 is 0. The van der Waals surface area contributed by atoms with Gasteiger partial charge in [-0.05, 0) is 12.8 Å². The third kappa shape index (κ3) is 1.77. The lowest BCUT2D eigenvalue weighted by atomic mass is 10.4. The van der Waals surface area contributed by atoms with Crippen molar-refractivity contribution in [3.63, 3.8) is 0 Å². The van der Waals surface area contributed by atoms with Crippen molar-refractivity contribution in [3.8, 4) is 0 Å². The van der Waals surface area contributed by atoms with Crippen molar-refractivity contribution < 1.29 is 4.79 Å². The van der Waals surface area contributed by atoms with Gasteiger partial charge in [-0.25, -0.2) is 9.97 Å². The molecule has 1 aliphatic carbocycles. The van der Waals surface area contributed by atoms with Gasteiger partial charge in [0, 0.05) is 5.92 Å². The van der Waals surface area contributed by atoms with Crippen molar-refractivity contribution in [2.75, 3.05) is 11.1 Å². The number of rotatable bonds is 2. The van der Waals surface area contributed by atoms with Crippen LogP contribution in [0.3, 0.4) is 0 Å². The summed E-state index contributed by atoms with van der Waals surface area (Å²) in [5.74, 6) is 0.524. The average molecular weight is 213 g/mol. The predicted octanol–water partition coefficient (Wildman–Crippen LogP) is 1.06. The van der Waals surface area contributed by atoms with Crippen LogP contribution in [-0.2, 0) is 4.79 Å². The number of nitrogens with two attached hydrogens (primary N) is 1. The van der Waals surface area contributed by atoms with Gasteiger partial charge >= 0.3 is 0 Å². The molecule has 1 aliphatic rings. The van der Waals surface area contributed by atoms with Crippen LogP contribution in [0.4, 0.5) is 11.6 Å². The van der Waals surface area contributed by atoms with Crippen LogP contribution >= 0.6 is 11.6 Å². The minimum Gasteiger partial charge on any atom is -0.382 e. The number of anilines is 2. The Kier molecular flexibility index (Phi) is 2.25. The highest BCUT2D eigenvalue weighted by molar-refractivity contribution is 6.35. The summed E-state index contributed by atoms with van der Waals surface area (Å²) in [5.41, 5.74) is 5.45. The molecule has 0 saturated heterocycles. The number of hydrogen-bond donors (Lipinski definition) is 2. The fourth-order valence-corrected chi connectivity index (χ4v) is 1.18. The topological polar surface area (TPSA) is 80.9 Å². The molecule has 1 fully saturated rings. The number of nitrogen functional groups attached to an aromatic ring is 1. The molecule has 0 bridgehead atoms. The highest BCUT2D eigenvalue weighted by Gasteiger charge is 2.30. The molecule has 74 valence electrons. The third-order valence-electron chi connectivity index (χ3n) is 2.01. The van der Waals surface area contributed by atoms with E-state index in [1.807, 2.05) is 0 Å². The van der Waals surface area contributed by atoms with Crippen LogP contribution in [0.25, 0.3) is 0 Å². The molecule has 0 atom stereocenters. The second-order valence-corrected chi connectivity index (χ2v) is 3.56. The van der Waals surface area contributed by atoms with E-state index in [0.717, 1.165) is 12.8 Å². The molecule has 5 nitrogen and oxygen atoms in total. The maximum atomic E-state index is 11.4. The van der Waals surface area contributed by atoms with Crippen LogP contribution in [0.5, 0.6) is 0 Å². The number of nitrogens with zero attached hydrogens (tertiary/aromatic N) is 2. The Balaban J connectivity index is 2.15. The fourth-order valence-electron chi connectivity index (χ4n) is 1.03. The predicted molar refractivity (Wildman–Crippen MR) is 52.8 cm³/mol. The standard InChI is InChI=1S/C8H9ClN4O/c9-5-6(10)11-3-12-7(5)13-8(14)4-1-2-4/h3-4H,1-2H2,(H3,10,11,12,13,14). The highest BCUT2D eigenvalue weighted by atomic mass is 35.5. The maximum Gasteiger partial charge on any atom is 0.228 e. The van der Waals surface area contributed by atoms with Gasteiger partial charge in [-0.1, -0.05) is 11.6 Å². The van der Waals surface area contributed by atoms with Crippen molar-refractivity contribution in [1.29, 1.82) is 0 Å². The molecule has 1 aromatic rings. The van der Waals surface area contributed by atoms with E-state index < -0.39 is 0 Å². The van der Waals surface area contributed by atoms with E-state index >= 15 is 0 Å². The van der Waals surface area contributed by atoms with E-state index in [1.54, 1.807) is 0 Å². The van der Waals surface area contributed by atoms with Crippen LogP contribution in [0.2, 0.25) is 5.02 Å². The lowest BCUT2D eigenvalue weighted by Gasteiger charge is -2.05. The van der Waals surface area contributed by atoms with Crippen LogP contribution in [0, 0.1) is 5.92 Å². The van der Waals surface area contributed by atoms with Gasteiger partial charge in [0.2, 0.25) is 5.91 Å². The molecule has 14 heavy (non-hydrogen) atoms. The molecule has 0 radical (unpaired) electrons. The van der Waals surface area contributed by atoms with E-state index in [-0.39, 0.29) is 28.5 Å². The molecule has 1 amide bonds. The van der Waals surface area contributed by atoms with Crippen molar-refractivity contribution in [1.82, 2.24) is 9.97 Å². The summed E-state index contributed by atoms with van der Waals surface area (Å²) >= 11 is 5.80. The van der Waals surface area contributed by atoms with Gasteiger partial charge in [-0.3, -0.25) is 4.79 Å². The lowest BCUT2D eigenvalue weighted by Crippen LogP contribution is -2.15. The summed E-state index contributed by atoms with van der Waals surface area (Å²) in [5, 5.41) is 2.81. The van der Waals surface area contributed by atoms with Crippen molar-refractivity contribution in [3.05, 3.63) is 11.3 Å². The normalized spacial score (nSPS) is 15.2. The van der Waals surface area contributed by atoms with Crippen molar-refractivity contribution in [2.24, 2.45) is 5.92 Å². The second-order valence-electron chi connectivity index (χ2n) is 3.19. The number of halogens is 1. The number of carbonyl (C=O) groups is 1. The van der Waals surface area contributed by atoms with Gasteiger partial charge in [0.25, 0.3) is 0 Å². The minimum absolute atomic E-state index is 0.0509. The van der Waals surface area contributed by atoms with E-state index in [1.165, 1.54) is 6.33 Å². The minimum atomic E-state index is -0.0509. The highest BCUT2D eigenvalue weighted by Crippen LogP contribution is 2.31. The van der Waals surface area contributed by atoms with Gasteiger partial charge in [0.1, 0.15) is 17.2 Å². The molecule has 0 aliphatic heterocycles. The third-order valence-corrected chi connectivity index (χ3v) is 2.38. The van der Waals surface area contributed by atoms with E-state index in [2.05, 4.69) is 15.3 Å². The van der Waals surface area contributed by atoms with Gasteiger partial charge in [0.05, 0.1) is 0 Å². The number of nitrogens with one attached hydrogen (secondary N) is 1. The van der Waals surface area contributed by atoms with Gasteiger partial charge in [-0.15, -0.1) is 0 Å². The fraction of sp³-hybridized carbons (Fsp3) is 0.375. The first-order valence-corrected chi connectivity index (χ1v) is 4.63. The smallest absolute Gasteiger partial charge is 0.228 e. The lowest BCUT2D eigenvalue weighted by molar-refractivity contribution is -0.117. The Morgan fingerprint density at radius 2 is 2.29 bits per heavy atom. The van der Waals surface area contributed by atoms with Gasteiger partial charge in [0.15, 0.2) is 5.82 Å². The Bertz CT molecular complexity index is 378. The number of hydrogen-bond acceptors (Lipinski definition) is 4. The summed E-state index contributed by atoms with van der Waals surface area (Å²) in [6.45, 7) is 0. The summed E-state index contributed by atoms with van der Waals surface area (Å²) in [7, 11) is 0. The summed E-state index contributed by atoms with van der Waals surface area (Å²) in [4.78, 5) is 18.9. The zero-order valence-electron chi connectivity index (χ0n) is 7.33. The molecule has 0 spiro atoms. The molecule has 0 unspecified atom stereocenters. The molecule has 0 aromatic carbocycles. The zero-order chi connectivity index (χ0) is 10.1. The monoisotopic (exact) mass is 212 g/mol. The largest absolute Gasteiger partial charge is 0.382 e. The van der Waals surface area contributed by atoms with E-state index in [4.69, 9.17) is 17.3 Å². The molecule has 1 heterocycles. The maximum absolute atomic E-state index is 11.4. The molecule has 1 saturated carbocycles. The van der Waals surface area contributed by atoms with Crippen molar-refractivity contribution in [2.45, 2.75) is 12.8 Å². The molecule has 1 aromatic heterocycles. The van der Waals surface area contributed by atoms with Gasteiger partial charge in [-0.2, -0.15) is 0 Å². The Labute approximate surface area is 85.7 Å². The molecule has 2 rings (SSSR count). The SMILES string of the molecule is Nc1ncnc(NC(=O)C2CC2)c1Cl. The molecular formula is C8H9ClN4O. The van der Waals surface area contributed by atoms with Crippen molar-refractivity contribution >= 4 is 29.1 Å². The first-order chi connectivity index (χ1) is 6.68. The summed E-state index contributed by atoms with van der Waals surface area (Å²) in [6.07, 6.45) is 3.14. The first-order valence-electron chi connectivity index (χ1n) is 4.25. The number of aromatic nitrogens is 2. The zero-order valence-corrected chi connectivity index (χ0v) is 8.08. The average Bonchev–Trinajstić information content (AvgIpc) is 2.95. The molecule has 6 heteroatoms. The Morgan fingerprint density at radius 3 is 2.93 bits per heavy atom. The number of amides is 1. The van der Waals surface area contributed by atoms with E-state index in [0.29, 0.717) is 0 Å². The van der Waals surface area contributed by atoms with Crippen LogP contribution in [0.15, 0.2) is 6.33 Å². The Morgan fingerprint density at radius 1 is 1.57 bits per heavy atom. The number of carbonyl (C=O) groups excluding carboxylic acids is 1. The van der Waals surface area contributed by atoms with Gasteiger partial charge < -0.3 is 11.1 Å². The van der Waals surface area contributed by atoms with Crippen LogP contribution in [-0.4, -0.2) is 15.9 Å². The van der Waals surface area contributed by atoms with Crippen LogP contribution < -0.4 is 11.1 Å².